The van der Waals surface area contributed by atoms with Gasteiger partial charge in [0.15, 0.2) is 0 Å². The molecule has 0 radical (unpaired) electrons. The normalized spacial score (nSPS) is 26.3. The smallest absolute Gasteiger partial charge is 0.327 e. The minimum absolute atomic E-state index is 0.0822. The maximum Gasteiger partial charge on any atom is 0.327 e. The third-order valence-corrected chi connectivity index (χ3v) is 4.47. The number of carboxylic acids is 1. The van der Waals surface area contributed by atoms with Crippen LogP contribution in [-0.2, 0) is 14.3 Å². The van der Waals surface area contributed by atoms with E-state index >= 15 is 0 Å². The van der Waals surface area contributed by atoms with Crippen LogP contribution in [0.2, 0.25) is 0 Å². The molecule has 0 aromatic carbocycles. The topological polar surface area (TPSA) is 66.8 Å². The number of thioether (sulfide) groups is 1. The summed E-state index contributed by atoms with van der Waals surface area (Å²) in [7, 11) is 1.45. The molecule has 3 unspecified atom stereocenters. The molecule has 0 aromatic heterocycles. The van der Waals surface area contributed by atoms with E-state index in [1.807, 2.05) is 13.8 Å². The molecule has 1 fully saturated rings. The van der Waals surface area contributed by atoms with Crippen molar-refractivity contribution in [2.75, 3.05) is 12.9 Å². The molecule has 5 nitrogen and oxygen atoms in total. The van der Waals surface area contributed by atoms with E-state index < -0.39 is 18.1 Å². The molecule has 0 spiro atoms. The van der Waals surface area contributed by atoms with E-state index in [0.717, 1.165) is 0 Å². The largest absolute Gasteiger partial charge is 0.480 e. The first kappa shape index (κ1) is 14.3. The van der Waals surface area contributed by atoms with Crippen LogP contribution >= 0.6 is 11.8 Å². The summed E-state index contributed by atoms with van der Waals surface area (Å²) in [6.07, 6.45) is -0.600. The van der Waals surface area contributed by atoms with E-state index in [1.54, 1.807) is 6.92 Å². The Kier molecular flexibility index (Phi) is 4.82. The average molecular weight is 261 g/mol. The molecule has 6 heteroatoms. The van der Waals surface area contributed by atoms with Gasteiger partial charge in [0.25, 0.3) is 5.91 Å². The molecule has 0 aliphatic carbocycles. The van der Waals surface area contributed by atoms with Gasteiger partial charge in [-0.3, -0.25) is 4.79 Å². The summed E-state index contributed by atoms with van der Waals surface area (Å²) >= 11 is 1.52. The van der Waals surface area contributed by atoms with Crippen molar-refractivity contribution in [3.8, 4) is 0 Å². The summed E-state index contributed by atoms with van der Waals surface area (Å²) in [5, 5.41) is 9.06. The zero-order valence-electron chi connectivity index (χ0n) is 10.5. The zero-order chi connectivity index (χ0) is 13.2. The van der Waals surface area contributed by atoms with Gasteiger partial charge in [-0.2, -0.15) is 0 Å². The van der Waals surface area contributed by atoms with Crippen molar-refractivity contribution in [1.82, 2.24) is 4.90 Å². The van der Waals surface area contributed by atoms with E-state index in [4.69, 9.17) is 9.84 Å². The highest BCUT2D eigenvalue weighted by Gasteiger charge is 2.44. The van der Waals surface area contributed by atoms with Crippen LogP contribution in [0.1, 0.15) is 20.8 Å². The number of carboxylic acid groups (broad SMARTS) is 1. The molecule has 0 aromatic rings. The Bertz CT molecular complexity index is 308. The van der Waals surface area contributed by atoms with Gasteiger partial charge in [-0.1, -0.05) is 13.8 Å². The van der Waals surface area contributed by atoms with E-state index in [0.29, 0.717) is 5.75 Å². The molecule has 98 valence electrons. The first-order valence-electron chi connectivity index (χ1n) is 5.59. The van der Waals surface area contributed by atoms with Gasteiger partial charge in [-0.25, -0.2) is 4.79 Å². The number of carbonyl (C=O) groups is 2. The highest BCUT2D eigenvalue weighted by molar-refractivity contribution is 8.00. The molecular weight excluding hydrogens is 242 g/mol. The standard InChI is InChI=1S/C11H19NO4S/c1-6(2)10-12(9(13)7(3)16-4)8(5-17-10)11(14)15/h6-8,10H,5H2,1-4H3,(H,14,15). The first-order valence-corrected chi connectivity index (χ1v) is 6.64. The van der Waals surface area contributed by atoms with Crippen molar-refractivity contribution in [2.45, 2.75) is 38.3 Å². The minimum atomic E-state index is -0.947. The molecule has 1 rings (SSSR count). The molecule has 1 heterocycles. The zero-order valence-corrected chi connectivity index (χ0v) is 11.4. The molecule has 1 N–H and O–H groups in total. The van der Waals surface area contributed by atoms with E-state index in [-0.39, 0.29) is 17.2 Å². The van der Waals surface area contributed by atoms with Gasteiger partial charge in [0.05, 0.1) is 5.37 Å². The van der Waals surface area contributed by atoms with Crippen molar-refractivity contribution in [3.05, 3.63) is 0 Å². The number of nitrogens with zero attached hydrogens (tertiary/aromatic N) is 1. The van der Waals surface area contributed by atoms with Crippen LogP contribution in [0.3, 0.4) is 0 Å². The quantitative estimate of drug-likeness (QED) is 0.818. The highest BCUT2D eigenvalue weighted by Crippen LogP contribution is 2.34. The van der Waals surface area contributed by atoms with Crippen LogP contribution in [0.5, 0.6) is 0 Å². The molecular formula is C11H19NO4S. The summed E-state index contributed by atoms with van der Waals surface area (Å²) in [6.45, 7) is 5.61. The number of methoxy groups -OCH3 is 1. The van der Waals surface area contributed by atoms with E-state index in [2.05, 4.69) is 0 Å². The summed E-state index contributed by atoms with van der Waals surface area (Å²) < 4.78 is 4.99. The van der Waals surface area contributed by atoms with Crippen molar-refractivity contribution in [2.24, 2.45) is 5.92 Å². The van der Waals surface area contributed by atoms with Gasteiger partial charge < -0.3 is 14.7 Å². The molecule has 1 aliphatic heterocycles. The predicted octanol–water partition coefficient (Wildman–Crippen LogP) is 1.03. The van der Waals surface area contributed by atoms with Crippen LogP contribution in [0, 0.1) is 5.92 Å². The third-order valence-electron chi connectivity index (χ3n) is 2.85. The number of ether oxygens (including phenoxy) is 1. The van der Waals surface area contributed by atoms with E-state index in [1.165, 1.54) is 23.8 Å². The van der Waals surface area contributed by atoms with Crippen molar-refractivity contribution >= 4 is 23.6 Å². The fourth-order valence-corrected chi connectivity index (χ4v) is 3.30. The second kappa shape index (κ2) is 5.73. The van der Waals surface area contributed by atoms with Gasteiger partial charge in [-0.05, 0) is 12.8 Å². The predicted molar refractivity (Wildman–Crippen MR) is 65.8 cm³/mol. The number of aliphatic carboxylic acids is 1. The monoisotopic (exact) mass is 261 g/mol. The SMILES string of the molecule is COC(C)C(=O)N1C(C(=O)O)CSC1C(C)C. The Morgan fingerprint density at radius 3 is 2.41 bits per heavy atom. The Hall–Kier alpha value is -0.750. The Morgan fingerprint density at radius 1 is 1.41 bits per heavy atom. The summed E-state index contributed by atoms with van der Waals surface area (Å²) in [4.78, 5) is 24.7. The lowest BCUT2D eigenvalue weighted by molar-refractivity contribution is -0.154. The maximum absolute atomic E-state index is 12.1. The number of hydrogen-bond donors (Lipinski definition) is 1. The number of amides is 1. The second-order valence-electron chi connectivity index (χ2n) is 4.45. The lowest BCUT2D eigenvalue weighted by Crippen LogP contribution is -2.50. The highest BCUT2D eigenvalue weighted by atomic mass is 32.2. The van der Waals surface area contributed by atoms with Crippen LogP contribution in [-0.4, -0.2) is 52.3 Å². The Labute approximate surface area is 105 Å². The molecule has 0 saturated carbocycles. The van der Waals surface area contributed by atoms with Crippen LogP contribution < -0.4 is 0 Å². The molecule has 3 atom stereocenters. The average Bonchev–Trinajstić information content (AvgIpc) is 2.71. The number of rotatable bonds is 4. The number of carbonyl (C=O) groups excluding carboxylic acids is 1. The van der Waals surface area contributed by atoms with Gasteiger partial charge in [-0.15, -0.1) is 11.8 Å². The lowest BCUT2D eigenvalue weighted by Gasteiger charge is -2.31. The first-order chi connectivity index (χ1) is 7.90. The van der Waals surface area contributed by atoms with Crippen molar-refractivity contribution < 1.29 is 19.4 Å². The fraction of sp³-hybridized carbons (Fsp3) is 0.818. The van der Waals surface area contributed by atoms with E-state index in [9.17, 15) is 9.59 Å². The third kappa shape index (κ3) is 2.93. The molecule has 17 heavy (non-hydrogen) atoms. The number of hydrogen-bond acceptors (Lipinski definition) is 4. The van der Waals surface area contributed by atoms with Gasteiger partial charge in [0.1, 0.15) is 12.1 Å². The molecule has 0 bridgehead atoms. The lowest BCUT2D eigenvalue weighted by atomic mass is 10.1. The van der Waals surface area contributed by atoms with Crippen LogP contribution in [0.15, 0.2) is 0 Å². The Morgan fingerprint density at radius 2 is 2.00 bits per heavy atom. The fourth-order valence-electron chi connectivity index (χ4n) is 1.82. The summed E-state index contributed by atoms with van der Waals surface area (Å²) in [5.74, 6) is -0.529. The van der Waals surface area contributed by atoms with Crippen molar-refractivity contribution in [3.63, 3.8) is 0 Å². The van der Waals surface area contributed by atoms with Gasteiger partial charge in [0, 0.05) is 12.9 Å². The van der Waals surface area contributed by atoms with Crippen LogP contribution in [0.4, 0.5) is 0 Å². The Balaban J connectivity index is 2.93. The molecule has 1 aliphatic rings. The molecule has 1 amide bonds. The summed E-state index contributed by atoms with van der Waals surface area (Å²) in [5.41, 5.74) is 0. The van der Waals surface area contributed by atoms with Gasteiger partial charge >= 0.3 is 5.97 Å². The summed E-state index contributed by atoms with van der Waals surface area (Å²) in [6, 6.07) is -0.738. The van der Waals surface area contributed by atoms with Crippen molar-refractivity contribution in [1.29, 1.82) is 0 Å². The maximum atomic E-state index is 12.1. The van der Waals surface area contributed by atoms with Gasteiger partial charge in [0.2, 0.25) is 0 Å². The minimum Gasteiger partial charge on any atom is -0.480 e. The van der Waals surface area contributed by atoms with Crippen LogP contribution in [0.25, 0.3) is 0 Å². The second-order valence-corrected chi connectivity index (χ2v) is 5.60. The molecule has 1 saturated heterocycles.